The van der Waals surface area contributed by atoms with Crippen LogP contribution in [0.5, 0.6) is 11.5 Å². The van der Waals surface area contributed by atoms with E-state index in [-0.39, 0.29) is 23.5 Å². The van der Waals surface area contributed by atoms with Gasteiger partial charge in [0.15, 0.2) is 21.3 Å². The molecule has 1 aliphatic carbocycles. The van der Waals surface area contributed by atoms with E-state index >= 15 is 0 Å². The molecule has 1 aromatic rings. The molecule has 23 heavy (non-hydrogen) atoms. The lowest BCUT2D eigenvalue weighted by Crippen LogP contribution is -2.42. The maximum atomic E-state index is 12.7. The van der Waals surface area contributed by atoms with E-state index in [0.717, 1.165) is 18.4 Å². The molecule has 0 spiro atoms. The van der Waals surface area contributed by atoms with E-state index < -0.39 is 15.3 Å². The molecule has 1 aliphatic heterocycles. The zero-order valence-electron chi connectivity index (χ0n) is 13.3. The summed E-state index contributed by atoms with van der Waals surface area (Å²) in [4.78, 5) is 12.7. The van der Waals surface area contributed by atoms with E-state index in [1.54, 1.807) is 20.3 Å². The summed E-state index contributed by atoms with van der Waals surface area (Å²) < 4.78 is 33.6. The maximum absolute atomic E-state index is 12.7. The van der Waals surface area contributed by atoms with Gasteiger partial charge in [-0.15, -0.1) is 0 Å². The predicted molar refractivity (Wildman–Crippen MR) is 85.7 cm³/mol. The summed E-state index contributed by atoms with van der Waals surface area (Å²) in [5.74, 6) is 1.32. The summed E-state index contributed by atoms with van der Waals surface area (Å²) in [6, 6.07) is 5.22. The average molecular weight is 339 g/mol. The SMILES string of the molecule is COc1ccc(C2(C(=O)NC3CCS(=O)(=O)C3)CC2)cc1OC. The van der Waals surface area contributed by atoms with Crippen LogP contribution in [-0.4, -0.2) is 46.1 Å². The number of carbonyl (C=O) groups excluding carboxylic acids is 1. The fourth-order valence-electron chi connectivity index (χ4n) is 3.14. The molecule has 126 valence electrons. The van der Waals surface area contributed by atoms with Gasteiger partial charge in [0.2, 0.25) is 5.91 Å². The summed E-state index contributed by atoms with van der Waals surface area (Å²) in [6.45, 7) is 0. The third-order valence-electron chi connectivity index (χ3n) is 4.69. The monoisotopic (exact) mass is 339 g/mol. The van der Waals surface area contributed by atoms with Gasteiger partial charge in [0.05, 0.1) is 31.1 Å². The molecular weight excluding hydrogens is 318 g/mol. The molecule has 1 amide bonds. The molecule has 1 saturated carbocycles. The highest BCUT2D eigenvalue weighted by Crippen LogP contribution is 2.50. The number of methoxy groups -OCH3 is 2. The van der Waals surface area contributed by atoms with Gasteiger partial charge in [-0.3, -0.25) is 4.79 Å². The summed E-state index contributed by atoms with van der Waals surface area (Å²) in [5, 5.41) is 2.91. The van der Waals surface area contributed by atoms with E-state index in [1.165, 1.54) is 0 Å². The number of ether oxygens (including phenoxy) is 2. The Morgan fingerprint density at radius 1 is 1.22 bits per heavy atom. The smallest absolute Gasteiger partial charge is 0.230 e. The quantitative estimate of drug-likeness (QED) is 0.867. The Bertz CT molecular complexity index is 724. The predicted octanol–water partition coefficient (Wildman–Crippen LogP) is 1.04. The lowest BCUT2D eigenvalue weighted by atomic mass is 9.94. The second-order valence-corrected chi connectivity index (χ2v) is 8.45. The molecule has 1 N–H and O–H groups in total. The molecule has 0 aromatic heterocycles. The van der Waals surface area contributed by atoms with Crippen molar-refractivity contribution in [2.45, 2.75) is 30.7 Å². The Morgan fingerprint density at radius 2 is 1.91 bits per heavy atom. The first-order valence-corrected chi connectivity index (χ1v) is 9.46. The van der Waals surface area contributed by atoms with Gasteiger partial charge in [-0.05, 0) is 37.0 Å². The van der Waals surface area contributed by atoms with E-state index in [0.29, 0.717) is 17.9 Å². The van der Waals surface area contributed by atoms with Gasteiger partial charge in [-0.2, -0.15) is 0 Å². The third-order valence-corrected chi connectivity index (χ3v) is 6.46. The zero-order valence-corrected chi connectivity index (χ0v) is 14.1. The first-order chi connectivity index (χ1) is 10.9. The van der Waals surface area contributed by atoms with E-state index in [9.17, 15) is 13.2 Å². The standard InChI is InChI=1S/C16H21NO5S/c1-21-13-4-3-11(9-14(13)22-2)16(6-7-16)15(18)17-12-5-8-23(19,20)10-12/h3-4,9,12H,5-8,10H2,1-2H3,(H,17,18). The number of amides is 1. The fourth-order valence-corrected chi connectivity index (χ4v) is 4.81. The molecule has 3 rings (SSSR count). The molecule has 6 nitrogen and oxygen atoms in total. The Morgan fingerprint density at radius 3 is 2.43 bits per heavy atom. The van der Waals surface area contributed by atoms with Crippen LogP contribution in [0, 0.1) is 0 Å². The normalized spacial score (nSPS) is 24.0. The third kappa shape index (κ3) is 3.02. The number of hydrogen-bond donors (Lipinski definition) is 1. The van der Waals surface area contributed by atoms with Crippen LogP contribution >= 0.6 is 0 Å². The minimum atomic E-state index is -3.00. The molecule has 2 fully saturated rings. The van der Waals surface area contributed by atoms with Gasteiger partial charge < -0.3 is 14.8 Å². The minimum absolute atomic E-state index is 0.0424. The number of benzene rings is 1. The molecule has 1 unspecified atom stereocenters. The Balaban J connectivity index is 1.78. The van der Waals surface area contributed by atoms with Crippen LogP contribution in [0.15, 0.2) is 18.2 Å². The van der Waals surface area contributed by atoms with Crippen molar-refractivity contribution < 1.29 is 22.7 Å². The topological polar surface area (TPSA) is 81.7 Å². The van der Waals surface area contributed by atoms with Gasteiger partial charge in [0.1, 0.15) is 0 Å². The Kier molecular flexibility index (Phi) is 4.00. The van der Waals surface area contributed by atoms with Crippen molar-refractivity contribution in [1.82, 2.24) is 5.32 Å². The van der Waals surface area contributed by atoms with Crippen LogP contribution in [0.25, 0.3) is 0 Å². The minimum Gasteiger partial charge on any atom is -0.493 e. The van der Waals surface area contributed by atoms with Crippen molar-refractivity contribution in [3.63, 3.8) is 0 Å². The van der Waals surface area contributed by atoms with Crippen LogP contribution in [0.3, 0.4) is 0 Å². The van der Waals surface area contributed by atoms with Crippen molar-refractivity contribution in [3.8, 4) is 11.5 Å². The van der Waals surface area contributed by atoms with Crippen molar-refractivity contribution in [3.05, 3.63) is 23.8 Å². The molecule has 1 atom stereocenters. The summed E-state index contributed by atoms with van der Waals surface area (Å²) >= 11 is 0. The summed E-state index contributed by atoms with van der Waals surface area (Å²) in [5.41, 5.74) is 0.319. The molecule has 0 bridgehead atoms. The first kappa shape index (κ1) is 16.1. The Hall–Kier alpha value is -1.76. The van der Waals surface area contributed by atoms with Crippen molar-refractivity contribution in [2.75, 3.05) is 25.7 Å². The van der Waals surface area contributed by atoms with Gasteiger partial charge in [-0.1, -0.05) is 6.07 Å². The molecular formula is C16H21NO5S. The van der Waals surface area contributed by atoms with Crippen LogP contribution < -0.4 is 14.8 Å². The van der Waals surface area contributed by atoms with Gasteiger partial charge >= 0.3 is 0 Å². The summed E-state index contributed by atoms with van der Waals surface area (Å²) in [6.07, 6.45) is 2.01. The summed E-state index contributed by atoms with van der Waals surface area (Å²) in [7, 11) is 0.126. The number of carbonyl (C=O) groups is 1. The fraction of sp³-hybridized carbons (Fsp3) is 0.562. The van der Waals surface area contributed by atoms with Crippen LogP contribution in [-0.2, 0) is 20.0 Å². The Labute approximate surface area is 136 Å². The van der Waals surface area contributed by atoms with Crippen LogP contribution in [0.4, 0.5) is 0 Å². The van der Waals surface area contributed by atoms with Crippen molar-refractivity contribution in [2.24, 2.45) is 0 Å². The number of hydrogen-bond acceptors (Lipinski definition) is 5. The second kappa shape index (κ2) is 5.70. The molecule has 2 aliphatic rings. The largest absolute Gasteiger partial charge is 0.493 e. The highest BCUT2D eigenvalue weighted by Gasteiger charge is 2.52. The van der Waals surface area contributed by atoms with Crippen molar-refractivity contribution in [1.29, 1.82) is 0 Å². The van der Waals surface area contributed by atoms with Gasteiger partial charge in [0.25, 0.3) is 0 Å². The lowest BCUT2D eigenvalue weighted by Gasteiger charge is -2.20. The molecule has 1 aromatic carbocycles. The van der Waals surface area contributed by atoms with Crippen LogP contribution in [0.1, 0.15) is 24.8 Å². The van der Waals surface area contributed by atoms with Crippen molar-refractivity contribution >= 4 is 15.7 Å². The maximum Gasteiger partial charge on any atom is 0.230 e. The zero-order chi connectivity index (χ0) is 16.7. The first-order valence-electron chi connectivity index (χ1n) is 7.64. The lowest BCUT2D eigenvalue weighted by molar-refractivity contribution is -0.124. The highest BCUT2D eigenvalue weighted by atomic mass is 32.2. The van der Waals surface area contributed by atoms with E-state index in [4.69, 9.17) is 9.47 Å². The molecule has 1 saturated heterocycles. The molecule has 0 radical (unpaired) electrons. The van der Waals surface area contributed by atoms with E-state index in [2.05, 4.69) is 5.32 Å². The molecule has 1 heterocycles. The van der Waals surface area contributed by atoms with Gasteiger partial charge in [-0.25, -0.2) is 8.42 Å². The number of rotatable bonds is 5. The van der Waals surface area contributed by atoms with Crippen LogP contribution in [0.2, 0.25) is 0 Å². The highest BCUT2D eigenvalue weighted by molar-refractivity contribution is 7.91. The van der Waals surface area contributed by atoms with Gasteiger partial charge in [0, 0.05) is 6.04 Å². The van der Waals surface area contributed by atoms with E-state index in [1.807, 2.05) is 12.1 Å². The second-order valence-electron chi connectivity index (χ2n) is 6.23. The molecule has 7 heteroatoms. The average Bonchev–Trinajstić information content (AvgIpc) is 3.27. The number of nitrogens with one attached hydrogen (secondary N) is 1. The number of sulfone groups is 1.